The smallest absolute Gasteiger partial charge is 0.322 e. The van der Waals surface area contributed by atoms with E-state index in [1.807, 2.05) is 25.1 Å². The highest BCUT2D eigenvalue weighted by molar-refractivity contribution is 7.89. The summed E-state index contributed by atoms with van der Waals surface area (Å²) in [6.07, 6.45) is 3.07. The maximum atomic E-state index is 12.9. The quantitative estimate of drug-likeness (QED) is 0.537. The van der Waals surface area contributed by atoms with Gasteiger partial charge in [0.1, 0.15) is 5.82 Å². The molecular weight excluding hydrogens is 394 g/mol. The third-order valence-corrected chi connectivity index (χ3v) is 6.35. The Balaban J connectivity index is 1.67. The van der Waals surface area contributed by atoms with E-state index in [2.05, 4.69) is 20.3 Å². The summed E-state index contributed by atoms with van der Waals surface area (Å²) in [6, 6.07) is 9.81. The molecule has 1 aromatic heterocycles. The average Bonchev–Trinajstić information content (AvgIpc) is 3.22. The van der Waals surface area contributed by atoms with Crippen LogP contribution in [0.2, 0.25) is 0 Å². The van der Waals surface area contributed by atoms with E-state index in [0.29, 0.717) is 0 Å². The number of carbonyl (C=O) groups is 2. The summed E-state index contributed by atoms with van der Waals surface area (Å²) < 4.78 is 29.8. The SMILES string of the molecule is Cc1ccc2cc(S(=O)(=O)NCC3(c4nccn4C)NC(=O)NC3=O)ccc2c1. The van der Waals surface area contributed by atoms with E-state index in [4.69, 9.17) is 0 Å². The Labute approximate surface area is 167 Å². The Kier molecular flexibility index (Phi) is 4.39. The molecule has 9 nitrogen and oxygen atoms in total. The molecule has 1 unspecified atom stereocenters. The van der Waals surface area contributed by atoms with Crippen molar-refractivity contribution in [3.05, 3.63) is 60.2 Å². The maximum absolute atomic E-state index is 12.9. The van der Waals surface area contributed by atoms with Gasteiger partial charge in [-0.1, -0.05) is 29.8 Å². The van der Waals surface area contributed by atoms with Crippen LogP contribution in [-0.2, 0) is 27.4 Å². The zero-order valence-corrected chi connectivity index (χ0v) is 16.6. The lowest BCUT2D eigenvalue weighted by Crippen LogP contribution is -2.53. The summed E-state index contributed by atoms with van der Waals surface area (Å²) in [7, 11) is -2.30. The normalized spacial score (nSPS) is 19.4. The first kappa shape index (κ1) is 19.1. The Morgan fingerprint density at radius 2 is 1.86 bits per heavy atom. The minimum absolute atomic E-state index is 0.0635. The molecule has 4 rings (SSSR count). The number of carbonyl (C=O) groups excluding carboxylic acids is 2. The van der Waals surface area contributed by atoms with Gasteiger partial charge in [-0.05, 0) is 29.8 Å². The van der Waals surface area contributed by atoms with Gasteiger partial charge in [-0.25, -0.2) is 22.9 Å². The topological polar surface area (TPSA) is 122 Å². The van der Waals surface area contributed by atoms with Gasteiger partial charge < -0.3 is 9.88 Å². The average molecular weight is 413 g/mol. The molecule has 29 heavy (non-hydrogen) atoms. The van der Waals surface area contributed by atoms with Crippen molar-refractivity contribution < 1.29 is 18.0 Å². The summed E-state index contributed by atoms with van der Waals surface area (Å²) in [5.41, 5.74) is -0.567. The zero-order chi connectivity index (χ0) is 20.8. The van der Waals surface area contributed by atoms with E-state index in [-0.39, 0.29) is 17.3 Å². The van der Waals surface area contributed by atoms with Crippen molar-refractivity contribution in [2.24, 2.45) is 7.05 Å². The predicted octanol–water partition coefficient (Wildman–Crippen LogP) is 0.895. The Bertz CT molecular complexity index is 1250. The van der Waals surface area contributed by atoms with Crippen LogP contribution >= 0.6 is 0 Å². The number of fused-ring (bicyclic) bond motifs is 1. The number of hydrogen-bond donors (Lipinski definition) is 3. The van der Waals surface area contributed by atoms with Gasteiger partial charge in [-0.2, -0.15) is 0 Å². The molecule has 2 aromatic carbocycles. The molecule has 0 saturated carbocycles. The number of imidazole rings is 1. The van der Waals surface area contributed by atoms with E-state index in [0.717, 1.165) is 16.3 Å². The number of nitrogens with one attached hydrogen (secondary N) is 3. The fourth-order valence-electron chi connectivity index (χ4n) is 3.43. The van der Waals surface area contributed by atoms with E-state index < -0.39 is 27.5 Å². The molecule has 10 heteroatoms. The van der Waals surface area contributed by atoms with Crippen molar-refractivity contribution in [2.45, 2.75) is 17.4 Å². The minimum Gasteiger partial charge on any atom is -0.336 e. The van der Waals surface area contributed by atoms with Gasteiger partial charge in [0.2, 0.25) is 10.0 Å². The first-order valence-corrected chi connectivity index (χ1v) is 10.3. The maximum Gasteiger partial charge on any atom is 0.322 e. The molecule has 2 heterocycles. The summed E-state index contributed by atoms with van der Waals surface area (Å²) in [6.45, 7) is 1.58. The lowest BCUT2D eigenvalue weighted by molar-refractivity contribution is -0.124. The number of aromatic nitrogens is 2. The Morgan fingerprint density at radius 1 is 1.14 bits per heavy atom. The number of rotatable bonds is 5. The van der Waals surface area contributed by atoms with Crippen LogP contribution in [0.5, 0.6) is 0 Å². The van der Waals surface area contributed by atoms with E-state index >= 15 is 0 Å². The summed E-state index contributed by atoms with van der Waals surface area (Å²) in [5, 5.41) is 6.37. The molecule has 150 valence electrons. The van der Waals surface area contributed by atoms with Gasteiger partial charge in [0.25, 0.3) is 5.91 Å². The van der Waals surface area contributed by atoms with Crippen LogP contribution in [0, 0.1) is 6.92 Å². The van der Waals surface area contributed by atoms with Crippen LogP contribution in [0.3, 0.4) is 0 Å². The molecule has 1 aliphatic heterocycles. The van der Waals surface area contributed by atoms with Crippen molar-refractivity contribution >= 4 is 32.7 Å². The molecular formula is C19H19N5O4S. The highest BCUT2D eigenvalue weighted by atomic mass is 32.2. The zero-order valence-electron chi connectivity index (χ0n) is 15.8. The first-order chi connectivity index (χ1) is 13.7. The van der Waals surface area contributed by atoms with Gasteiger partial charge in [-0.3, -0.25) is 10.1 Å². The third kappa shape index (κ3) is 3.26. The van der Waals surface area contributed by atoms with E-state index in [1.54, 1.807) is 29.9 Å². The Morgan fingerprint density at radius 3 is 2.52 bits per heavy atom. The molecule has 1 aliphatic rings. The fraction of sp³-hybridized carbons (Fsp3) is 0.211. The molecule has 0 bridgehead atoms. The minimum atomic E-state index is -3.95. The lowest BCUT2D eigenvalue weighted by atomic mass is 9.99. The van der Waals surface area contributed by atoms with Gasteiger partial charge in [-0.15, -0.1) is 0 Å². The number of imide groups is 1. The second-order valence-electron chi connectivity index (χ2n) is 7.01. The number of sulfonamides is 1. The summed E-state index contributed by atoms with van der Waals surface area (Å²) in [4.78, 5) is 28.5. The molecule has 3 N–H and O–H groups in total. The standard InChI is InChI=1S/C19H19N5O4S/c1-12-3-4-14-10-15(6-5-13(14)9-12)29(27,28)21-11-19(16-20-7-8-24(16)2)17(25)22-18(26)23-19/h3-10,21H,11H2,1-2H3,(H2,22,23,25,26). The number of urea groups is 1. The summed E-state index contributed by atoms with van der Waals surface area (Å²) in [5.74, 6) is -0.453. The second kappa shape index (κ2) is 6.68. The van der Waals surface area contributed by atoms with Gasteiger partial charge in [0.05, 0.1) is 11.4 Å². The molecule has 3 amide bonds. The van der Waals surface area contributed by atoms with Crippen molar-refractivity contribution in [1.82, 2.24) is 24.9 Å². The summed E-state index contributed by atoms with van der Waals surface area (Å²) >= 11 is 0. The monoisotopic (exact) mass is 413 g/mol. The molecule has 3 aromatic rings. The number of aryl methyl sites for hydroxylation is 2. The molecule has 0 spiro atoms. The lowest BCUT2D eigenvalue weighted by Gasteiger charge is -2.25. The van der Waals surface area contributed by atoms with Gasteiger partial charge in [0.15, 0.2) is 5.54 Å². The third-order valence-electron chi connectivity index (χ3n) is 4.95. The number of nitrogens with zero attached hydrogens (tertiary/aromatic N) is 2. The van der Waals surface area contributed by atoms with Crippen molar-refractivity contribution in [3.8, 4) is 0 Å². The number of amides is 3. The highest BCUT2D eigenvalue weighted by Gasteiger charge is 2.51. The fourth-order valence-corrected chi connectivity index (χ4v) is 4.53. The van der Waals surface area contributed by atoms with E-state index in [1.165, 1.54) is 12.3 Å². The van der Waals surface area contributed by atoms with Crippen molar-refractivity contribution in [1.29, 1.82) is 0 Å². The van der Waals surface area contributed by atoms with Crippen LogP contribution in [0.25, 0.3) is 10.8 Å². The molecule has 1 fully saturated rings. The van der Waals surface area contributed by atoms with Crippen molar-refractivity contribution in [3.63, 3.8) is 0 Å². The van der Waals surface area contributed by atoms with Crippen LogP contribution in [0.15, 0.2) is 53.7 Å². The van der Waals surface area contributed by atoms with Crippen LogP contribution in [0.1, 0.15) is 11.4 Å². The van der Waals surface area contributed by atoms with Gasteiger partial charge in [0, 0.05) is 19.4 Å². The number of hydrogen-bond acceptors (Lipinski definition) is 5. The van der Waals surface area contributed by atoms with Gasteiger partial charge >= 0.3 is 6.03 Å². The predicted molar refractivity (Wildman–Crippen MR) is 105 cm³/mol. The van der Waals surface area contributed by atoms with Crippen LogP contribution < -0.4 is 15.4 Å². The van der Waals surface area contributed by atoms with E-state index in [9.17, 15) is 18.0 Å². The molecule has 1 atom stereocenters. The first-order valence-electron chi connectivity index (χ1n) is 8.83. The highest BCUT2D eigenvalue weighted by Crippen LogP contribution is 2.25. The molecule has 1 saturated heterocycles. The largest absolute Gasteiger partial charge is 0.336 e. The second-order valence-corrected chi connectivity index (χ2v) is 8.78. The Hall–Kier alpha value is -3.24. The van der Waals surface area contributed by atoms with Crippen molar-refractivity contribution in [2.75, 3.05) is 6.54 Å². The molecule has 0 aliphatic carbocycles. The molecule has 0 radical (unpaired) electrons. The van der Waals surface area contributed by atoms with Crippen LogP contribution in [0.4, 0.5) is 4.79 Å². The number of benzene rings is 2. The van der Waals surface area contributed by atoms with Crippen LogP contribution in [-0.4, -0.2) is 36.5 Å².